The molecule has 0 unspecified atom stereocenters. The third kappa shape index (κ3) is 24.1. The summed E-state index contributed by atoms with van der Waals surface area (Å²) in [5.41, 5.74) is 3.49. The Kier molecular flexibility index (Phi) is 30.1. The molecule has 10 rings (SSSR count). The van der Waals surface area contributed by atoms with Crippen LogP contribution in [0.4, 0.5) is 39.2 Å². The maximum absolute atomic E-state index is 12.8. The molecular weight excluding hydrogens is 1410 g/mol. The third-order valence-corrected chi connectivity index (χ3v) is 17.0. The van der Waals surface area contributed by atoms with Gasteiger partial charge in [0.05, 0.1) is 45.1 Å². The van der Waals surface area contributed by atoms with Crippen LogP contribution < -0.4 is 31.5 Å². The molecule has 0 saturated heterocycles. The van der Waals surface area contributed by atoms with E-state index in [4.69, 9.17) is 63.3 Å². The number of aromatic nitrogens is 8. The highest BCUT2D eigenvalue weighted by molar-refractivity contribution is 6.30. The van der Waals surface area contributed by atoms with E-state index < -0.39 is 74.9 Å². The number of carbonyl (C=O) groups excluding carboxylic acids is 6. The lowest BCUT2D eigenvalue weighted by Crippen LogP contribution is -2.56. The molecule has 8 N–H and O–H groups in total. The normalized spacial score (nSPS) is 21.9. The van der Waals surface area contributed by atoms with Crippen molar-refractivity contribution in [2.24, 2.45) is 11.7 Å². The van der Waals surface area contributed by atoms with Crippen LogP contribution in [0.1, 0.15) is 198 Å². The van der Waals surface area contributed by atoms with Crippen LogP contribution in [0.2, 0.25) is 10.3 Å². The van der Waals surface area contributed by atoms with Gasteiger partial charge in [-0.2, -0.15) is 13.2 Å². The van der Waals surface area contributed by atoms with Crippen LogP contribution in [0.3, 0.4) is 0 Å². The Labute approximate surface area is 608 Å². The summed E-state index contributed by atoms with van der Waals surface area (Å²) in [5.74, 6) is -1.92. The van der Waals surface area contributed by atoms with Gasteiger partial charge in [0.15, 0.2) is 21.9 Å². The first kappa shape index (κ1) is 87.8. The molecule has 5 amide bonds. The fourth-order valence-electron chi connectivity index (χ4n) is 10.7. The second kappa shape index (κ2) is 34.7. The summed E-state index contributed by atoms with van der Waals surface area (Å²) in [4.78, 5) is 129. The number of alkyl halides is 3. The average molecular weight is 1510 g/mol. The number of nitrogens with one attached hydrogen (secondary N) is 3. The summed E-state index contributed by atoms with van der Waals surface area (Å²) in [5, 5.41) is 33.8. The molecule has 35 heteroatoms. The molecule has 4 saturated carbocycles. The second-order valence-corrected chi connectivity index (χ2v) is 30.7. The van der Waals surface area contributed by atoms with Gasteiger partial charge in [0, 0.05) is 92.2 Å². The lowest BCUT2D eigenvalue weighted by atomic mass is 9.72. The van der Waals surface area contributed by atoms with E-state index in [-0.39, 0.29) is 107 Å². The minimum Gasteiger partial charge on any atom is -0.481 e. The quantitative estimate of drug-likeness (QED) is 0.0686. The van der Waals surface area contributed by atoms with Crippen molar-refractivity contribution in [2.45, 2.75) is 262 Å². The molecule has 0 radical (unpaired) electrons. The summed E-state index contributed by atoms with van der Waals surface area (Å²) in [6.45, 7) is 30.7. The van der Waals surface area contributed by atoms with Crippen LogP contribution in [-0.2, 0) is 59.8 Å². The zero-order valence-corrected chi connectivity index (χ0v) is 62.8. The summed E-state index contributed by atoms with van der Waals surface area (Å²) in [6, 6.07) is 0.628. The standard InChI is InChI=1S/C18H26ClN3O3.C17H24N4O3.C12H16N4O.C9H17NO3.C8H9ClN2O2.C2HF3O2.2ClH/c1-17(2,3)25-16(24)22-12-8-11(9-12)10-13(23)18(4,5)14-15(19)21-7-6-20-14;1-16(2,3)24-15(23)20-10-8-11(9-10)21-13-12(18-6-7-19-13)17(4,5)14(21)22;1-12(2)9-10(15-4-3-14-9)16(11(12)17)8-5-7(13)6-8;1-9(2,3)13-8(12)10-6-4-7(11)5-6;1-8(2,7(12)13)5-6(9)11-4-3-10-5;3-2(4,5)1(6)7;;/h6-7,11-12H,8-10H2,1-5H3,(H,22,24);6-7,10-11H,8-9H2,1-5H3,(H,20,23);3-4,7-8H,5-6,13H2,1-2H3;6-7,11H,4-5H2,1-3H3,(H,10,12);3-4H,1-2H3,(H,12,13);(H,6,7);2*1H. The number of Topliss-reactive ketones (excluding diaryl/α,β-unsaturated/α-hetero) is 1. The summed E-state index contributed by atoms with van der Waals surface area (Å²) < 4.78 is 47.3. The van der Waals surface area contributed by atoms with Crippen molar-refractivity contribution >= 4 is 107 Å². The van der Waals surface area contributed by atoms with Gasteiger partial charge in [-0.05, 0) is 175 Å². The summed E-state index contributed by atoms with van der Waals surface area (Å²) >= 11 is 11.8. The van der Waals surface area contributed by atoms with Crippen LogP contribution in [0.5, 0.6) is 0 Å². The van der Waals surface area contributed by atoms with Crippen LogP contribution in [0.25, 0.3) is 0 Å². The number of rotatable bonds is 11. The average Bonchev–Trinajstić information content (AvgIpc) is 1.59. The molecule has 6 aliphatic rings. The van der Waals surface area contributed by atoms with Crippen LogP contribution in [0.15, 0.2) is 49.6 Å². The van der Waals surface area contributed by atoms with Crippen molar-refractivity contribution in [1.29, 1.82) is 0 Å². The molecule has 2 aliphatic heterocycles. The number of aliphatic hydroxyl groups is 1. The number of aliphatic carboxylic acids is 2. The number of nitrogens with two attached hydrogens (primary N) is 1. The fraction of sp³-hybridized carbons (Fsp3) is 0.636. The molecule has 6 heterocycles. The van der Waals surface area contributed by atoms with E-state index in [9.17, 15) is 46.7 Å². The molecule has 4 aromatic heterocycles. The Morgan fingerprint density at radius 3 is 1.14 bits per heavy atom. The number of hydrogen-bond acceptors (Lipinski definition) is 21. The molecule has 562 valence electrons. The first-order valence-electron chi connectivity index (χ1n) is 32.1. The van der Waals surface area contributed by atoms with E-state index >= 15 is 0 Å². The number of fused-ring (bicyclic) bond motifs is 2. The van der Waals surface area contributed by atoms with Crippen molar-refractivity contribution in [1.82, 2.24) is 55.8 Å². The van der Waals surface area contributed by atoms with E-state index in [0.717, 1.165) is 42.9 Å². The van der Waals surface area contributed by atoms with E-state index in [0.29, 0.717) is 43.6 Å². The number of nitrogens with zero attached hydrogens (tertiary/aromatic N) is 10. The molecule has 4 aromatic rings. The Bertz CT molecular complexity index is 3550. The van der Waals surface area contributed by atoms with Gasteiger partial charge in [-0.1, -0.05) is 23.2 Å². The van der Waals surface area contributed by atoms with Crippen molar-refractivity contribution < 1.29 is 81.1 Å². The number of aliphatic hydroxyl groups excluding tert-OH is 1. The lowest BCUT2D eigenvalue weighted by Gasteiger charge is -2.41. The zero-order chi connectivity index (χ0) is 74.9. The number of halogens is 7. The number of anilines is 2. The van der Waals surface area contributed by atoms with Gasteiger partial charge in [0.2, 0.25) is 11.8 Å². The van der Waals surface area contributed by atoms with Crippen molar-refractivity contribution in [3.8, 4) is 0 Å². The van der Waals surface area contributed by atoms with Crippen LogP contribution in [0, 0.1) is 5.92 Å². The number of ether oxygens (including phenoxy) is 3. The third-order valence-electron chi connectivity index (χ3n) is 16.4. The Morgan fingerprint density at radius 1 is 0.515 bits per heavy atom. The highest BCUT2D eigenvalue weighted by Crippen LogP contribution is 2.45. The van der Waals surface area contributed by atoms with Crippen molar-refractivity contribution in [2.75, 3.05) is 9.80 Å². The van der Waals surface area contributed by atoms with E-state index in [1.165, 1.54) is 32.4 Å². The molecule has 0 atom stereocenters. The highest BCUT2D eigenvalue weighted by Gasteiger charge is 2.53. The number of ketones is 1. The van der Waals surface area contributed by atoms with Gasteiger partial charge >= 0.3 is 36.4 Å². The van der Waals surface area contributed by atoms with Crippen LogP contribution in [-0.4, -0.2) is 168 Å². The SMILES string of the molecule is CC(C)(C(=O)O)c1nccnc1Cl.CC(C)(C)OC(=O)NC1CC(CC(=O)C(C)(C)c2nccnc2Cl)C1.CC(C)(C)OC(=O)NC1CC(N2C(=O)C(C)(C)c3nccnc32)C1.CC(C)(C)OC(=O)NC1CC(O)C1.CC1(C)C(=O)N(C2CC(N)C2)c2nccnc21.Cl.Cl.O=C(O)C(F)(F)F. The molecular formula is C66H95Cl4F3N14O14. The van der Waals surface area contributed by atoms with Crippen molar-refractivity contribution in [3.05, 3.63) is 82.7 Å². The second-order valence-electron chi connectivity index (χ2n) is 29.9. The smallest absolute Gasteiger partial charge is 0.481 e. The maximum atomic E-state index is 12.8. The number of carboxylic acids is 2. The van der Waals surface area contributed by atoms with E-state index in [1.807, 2.05) is 104 Å². The highest BCUT2D eigenvalue weighted by atomic mass is 35.5. The monoisotopic (exact) mass is 1500 g/mol. The molecule has 0 bridgehead atoms. The first-order chi connectivity index (χ1) is 45.4. The number of carboxylic acid groups (broad SMARTS) is 2. The Hall–Kier alpha value is -7.45. The fourth-order valence-corrected chi connectivity index (χ4v) is 11.4. The van der Waals surface area contributed by atoms with E-state index in [1.54, 1.807) is 40.8 Å². The first-order valence-corrected chi connectivity index (χ1v) is 32.9. The van der Waals surface area contributed by atoms with Gasteiger partial charge in [-0.25, -0.2) is 39.1 Å². The van der Waals surface area contributed by atoms with Gasteiger partial charge in [-0.3, -0.25) is 48.9 Å². The van der Waals surface area contributed by atoms with Gasteiger partial charge in [0.25, 0.3) is 0 Å². The Balaban J connectivity index is 0.000000326. The van der Waals surface area contributed by atoms with E-state index in [2.05, 4.69) is 55.8 Å². The van der Waals surface area contributed by atoms with Gasteiger partial charge < -0.3 is 51.2 Å². The minimum atomic E-state index is -5.08. The summed E-state index contributed by atoms with van der Waals surface area (Å²) in [6.07, 6.45) is 12.2. The molecule has 0 aromatic carbocycles. The molecule has 4 fully saturated rings. The predicted octanol–water partition coefficient (Wildman–Crippen LogP) is 10.4. The Morgan fingerprint density at radius 2 is 0.822 bits per heavy atom. The number of alkyl carbamates (subject to hydrolysis) is 3. The maximum Gasteiger partial charge on any atom is 0.490 e. The minimum absolute atomic E-state index is 0. The van der Waals surface area contributed by atoms with Gasteiger partial charge in [-0.15, -0.1) is 24.8 Å². The number of hydrogen-bond donors (Lipinski definition) is 7. The largest absolute Gasteiger partial charge is 0.490 e. The zero-order valence-electron chi connectivity index (χ0n) is 59.7. The van der Waals surface area contributed by atoms with Crippen molar-refractivity contribution in [3.63, 3.8) is 0 Å². The predicted molar refractivity (Wildman–Crippen MR) is 372 cm³/mol. The number of amides is 5. The molecule has 4 aliphatic carbocycles. The molecule has 0 spiro atoms. The molecule has 101 heavy (non-hydrogen) atoms. The lowest BCUT2D eigenvalue weighted by molar-refractivity contribution is -0.192. The van der Waals surface area contributed by atoms with Gasteiger partial charge in [0.1, 0.15) is 28.0 Å². The summed E-state index contributed by atoms with van der Waals surface area (Å²) in [7, 11) is 0. The topological polar surface area (TPSA) is 397 Å². The molecule has 28 nitrogen and oxygen atoms in total. The van der Waals surface area contributed by atoms with Crippen LogP contribution >= 0.6 is 48.0 Å². The number of carbonyl (C=O) groups is 8.